The molecule has 1 aliphatic heterocycles. The van der Waals surface area contributed by atoms with Crippen LogP contribution in [0.4, 0.5) is 0 Å². The van der Waals surface area contributed by atoms with Crippen molar-refractivity contribution in [2.24, 2.45) is 5.92 Å². The van der Waals surface area contributed by atoms with Crippen molar-refractivity contribution in [2.45, 2.75) is 44.9 Å². The number of rotatable bonds is 5. The molecule has 0 aromatic heterocycles. The molecule has 1 fully saturated rings. The highest BCUT2D eigenvalue weighted by molar-refractivity contribution is 5.17. The molecule has 0 spiro atoms. The second kappa shape index (κ2) is 7.04. The lowest BCUT2D eigenvalue weighted by Gasteiger charge is -2.33. The van der Waals surface area contributed by atoms with Gasteiger partial charge in [-0.1, -0.05) is 44.2 Å². The summed E-state index contributed by atoms with van der Waals surface area (Å²) < 4.78 is 5.76. The molecule has 2 rings (SSSR count). The van der Waals surface area contributed by atoms with Gasteiger partial charge in [0.25, 0.3) is 0 Å². The van der Waals surface area contributed by atoms with E-state index >= 15 is 0 Å². The van der Waals surface area contributed by atoms with Crippen LogP contribution >= 0.6 is 0 Å². The highest BCUT2D eigenvalue weighted by Gasteiger charge is 2.24. The highest BCUT2D eigenvalue weighted by atomic mass is 16.5. The third-order valence-corrected chi connectivity index (χ3v) is 3.84. The van der Waals surface area contributed by atoms with E-state index in [0.717, 1.165) is 25.0 Å². The number of aliphatic hydroxyl groups excluding tert-OH is 1. The molecular formula is C16H25NO2. The normalized spacial score (nSPS) is 25.5. The lowest BCUT2D eigenvalue weighted by Crippen LogP contribution is -2.42. The van der Waals surface area contributed by atoms with Crippen molar-refractivity contribution in [1.82, 2.24) is 5.32 Å². The highest BCUT2D eigenvalue weighted by Crippen LogP contribution is 2.20. The van der Waals surface area contributed by atoms with Crippen molar-refractivity contribution in [3.63, 3.8) is 0 Å². The first-order valence-electron chi connectivity index (χ1n) is 7.25. The lowest BCUT2D eigenvalue weighted by atomic mass is 9.95. The summed E-state index contributed by atoms with van der Waals surface area (Å²) in [7, 11) is 0. The Morgan fingerprint density at radius 1 is 1.32 bits per heavy atom. The van der Waals surface area contributed by atoms with Gasteiger partial charge in [-0.2, -0.15) is 0 Å². The third kappa shape index (κ3) is 4.30. The maximum atomic E-state index is 10.1. The van der Waals surface area contributed by atoms with Crippen LogP contribution in [-0.4, -0.2) is 30.4 Å². The van der Waals surface area contributed by atoms with Crippen LogP contribution in [0.25, 0.3) is 0 Å². The minimum absolute atomic E-state index is 0.347. The van der Waals surface area contributed by atoms with E-state index < -0.39 is 6.10 Å². The molecule has 3 unspecified atom stereocenters. The Bertz CT molecular complexity index is 366. The van der Waals surface area contributed by atoms with Crippen LogP contribution in [0, 0.1) is 5.92 Å². The smallest absolute Gasteiger partial charge is 0.0914 e. The topological polar surface area (TPSA) is 41.5 Å². The third-order valence-electron chi connectivity index (χ3n) is 3.84. The largest absolute Gasteiger partial charge is 0.387 e. The number of hydrogen-bond donors (Lipinski definition) is 2. The summed E-state index contributed by atoms with van der Waals surface area (Å²) in [5, 5.41) is 13.6. The SMILES string of the molecule is CC(C)C1CC(NCC(O)c2ccccc2)CCO1. The van der Waals surface area contributed by atoms with Gasteiger partial charge in [0.05, 0.1) is 12.2 Å². The van der Waals surface area contributed by atoms with Crippen molar-refractivity contribution in [2.75, 3.05) is 13.2 Å². The molecule has 106 valence electrons. The molecule has 0 bridgehead atoms. The van der Waals surface area contributed by atoms with Crippen molar-refractivity contribution in [1.29, 1.82) is 0 Å². The van der Waals surface area contributed by atoms with Crippen molar-refractivity contribution < 1.29 is 9.84 Å². The Kier molecular flexibility index (Phi) is 5.37. The Morgan fingerprint density at radius 3 is 2.74 bits per heavy atom. The van der Waals surface area contributed by atoms with Gasteiger partial charge < -0.3 is 15.2 Å². The molecule has 3 nitrogen and oxygen atoms in total. The van der Waals surface area contributed by atoms with Gasteiger partial charge in [-0.3, -0.25) is 0 Å². The number of aliphatic hydroxyl groups is 1. The van der Waals surface area contributed by atoms with Crippen LogP contribution in [0.5, 0.6) is 0 Å². The fourth-order valence-electron chi connectivity index (χ4n) is 2.55. The van der Waals surface area contributed by atoms with E-state index in [1.165, 1.54) is 0 Å². The van der Waals surface area contributed by atoms with Gasteiger partial charge in [-0.15, -0.1) is 0 Å². The van der Waals surface area contributed by atoms with E-state index in [-0.39, 0.29) is 0 Å². The van der Waals surface area contributed by atoms with Gasteiger partial charge in [0.2, 0.25) is 0 Å². The first kappa shape index (κ1) is 14.5. The average Bonchev–Trinajstić information content (AvgIpc) is 2.46. The van der Waals surface area contributed by atoms with Crippen molar-refractivity contribution in [3.05, 3.63) is 35.9 Å². The van der Waals surface area contributed by atoms with E-state index in [1.54, 1.807) is 0 Å². The summed E-state index contributed by atoms with van der Waals surface area (Å²) in [6.07, 6.45) is 1.99. The molecule has 1 aromatic rings. The van der Waals surface area contributed by atoms with Crippen molar-refractivity contribution >= 4 is 0 Å². The molecule has 3 atom stereocenters. The summed E-state index contributed by atoms with van der Waals surface area (Å²) >= 11 is 0. The molecule has 0 saturated carbocycles. The standard InChI is InChI=1S/C16H25NO2/c1-12(2)16-10-14(8-9-19-16)17-11-15(18)13-6-4-3-5-7-13/h3-7,12,14-18H,8-11H2,1-2H3. The maximum absolute atomic E-state index is 10.1. The van der Waals surface area contributed by atoms with Gasteiger partial charge in [-0.05, 0) is 24.3 Å². The lowest BCUT2D eigenvalue weighted by molar-refractivity contribution is -0.0257. The molecular weight excluding hydrogens is 238 g/mol. The minimum Gasteiger partial charge on any atom is -0.387 e. The fraction of sp³-hybridized carbons (Fsp3) is 0.625. The maximum Gasteiger partial charge on any atom is 0.0914 e. The minimum atomic E-state index is -0.429. The number of benzene rings is 1. The summed E-state index contributed by atoms with van der Waals surface area (Å²) in [6.45, 7) is 5.83. The first-order chi connectivity index (χ1) is 9.16. The molecule has 3 heteroatoms. The van der Waals surface area contributed by atoms with Crippen LogP contribution in [0.3, 0.4) is 0 Å². The Labute approximate surface area is 116 Å². The van der Waals surface area contributed by atoms with Gasteiger partial charge in [0, 0.05) is 19.2 Å². The zero-order valence-corrected chi connectivity index (χ0v) is 11.9. The number of hydrogen-bond acceptors (Lipinski definition) is 3. The fourth-order valence-corrected chi connectivity index (χ4v) is 2.55. The Hall–Kier alpha value is -0.900. The van der Waals surface area contributed by atoms with E-state index in [1.807, 2.05) is 30.3 Å². The zero-order chi connectivity index (χ0) is 13.7. The second-order valence-corrected chi connectivity index (χ2v) is 5.71. The average molecular weight is 263 g/mol. The molecule has 1 aromatic carbocycles. The van der Waals surface area contributed by atoms with Crippen LogP contribution in [-0.2, 0) is 4.74 Å². The second-order valence-electron chi connectivity index (χ2n) is 5.71. The van der Waals surface area contributed by atoms with Crippen LogP contribution in [0.2, 0.25) is 0 Å². The first-order valence-corrected chi connectivity index (χ1v) is 7.25. The quantitative estimate of drug-likeness (QED) is 0.857. The van der Waals surface area contributed by atoms with Gasteiger partial charge in [0.15, 0.2) is 0 Å². The van der Waals surface area contributed by atoms with Gasteiger partial charge >= 0.3 is 0 Å². The molecule has 1 saturated heterocycles. The molecule has 0 aliphatic carbocycles. The molecule has 1 aliphatic rings. The monoisotopic (exact) mass is 263 g/mol. The van der Waals surface area contributed by atoms with E-state index in [2.05, 4.69) is 19.2 Å². The molecule has 19 heavy (non-hydrogen) atoms. The summed E-state index contributed by atoms with van der Waals surface area (Å²) in [5.74, 6) is 0.559. The van der Waals surface area contributed by atoms with E-state index in [4.69, 9.17) is 4.74 Å². The summed E-state index contributed by atoms with van der Waals surface area (Å²) in [4.78, 5) is 0. The van der Waals surface area contributed by atoms with Gasteiger partial charge in [0.1, 0.15) is 0 Å². The summed E-state index contributed by atoms with van der Waals surface area (Å²) in [6, 6.07) is 10.3. The summed E-state index contributed by atoms with van der Waals surface area (Å²) in [5.41, 5.74) is 0.975. The van der Waals surface area contributed by atoms with Crippen molar-refractivity contribution in [3.8, 4) is 0 Å². The predicted octanol–water partition coefficient (Wildman–Crippen LogP) is 2.51. The Morgan fingerprint density at radius 2 is 2.05 bits per heavy atom. The number of ether oxygens (including phenoxy) is 1. The van der Waals surface area contributed by atoms with Gasteiger partial charge in [-0.25, -0.2) is 0 Å². The molecule has 0 radical (unpaired) electrons. The predicted molar refractivity (Wildman–Crippen MR) is 77.0 cm³/mol. The van der Waals surface area contributed by atoms with Crippen LogP contribution in [0.1, 0.15) is 38.4 Å². The molecule has 1 heterocycles. The van der Waals surface area contributed by atoms with E-state index in [0.29, 0.717) is 24.6 Å². The molecule has 2 N–H and O–H groups in total. The molecule has 0 amide bonds. The van der Waals surface area contributed by atoms with Crippen LogP contribution < -0.4 is 5.32 Å². The Balaban J connectivity index is 1.79. The number of nitrogens with one attached hydrogen (secondary N) is 1. The van der Waals surface area contributed by atoms with Crippen LogP contribution in [0.15, 0.2) is 30.3 Å². The van der Waals surface area contributed by atoms with E-state index in [9.17, 15) is 5.11 Å². The zero-order valence-electron chi connectivity index (χ0n) is 11.9.